The van der Waals surface area contributed by atoms with E-state index in [-0.39, 0.29) is 10.7 Å². The van der Waals surface area contributed by atoms with Gasteiger partial charge in [0.2, 0.25) is 0 Å². The Morgan fingerprint density at radius 1 is 1.29 bits per heavy atom. The van der Waals surface area contributed by atoms with Crippen molar-refractivity contribution in [2.75, 3.05) is 10.5 Å². The standard InChI is InChI=1S/C11H9FN4O4S/c12-9-5-7(16(17)18)1-3-10(9)15-21(19,20)8-2-4-11(13)14-6-8/h1-6,15H,(H2,13,14). The molecule has 1 aromatic carbocycles. The number of anilines is 2. The minimum Gasteiger partial charge on any atom is -0.384 e. The van der Waals surface area contributed by atoms with Crippen LogP contribution in [0.4, 0.5) is 21.6 Å². The first-order chi connectivity index (χ1) is 9.79. The number of nitro groups is 1. The molecular formula is C11H9FN4O4S. The predicted molar refractivity (Wildman–Crippen MR) is 72.5 cm³/mol. The van der Waals surface area contributed by atoms with Crippen LogP contribution in [0, 0.1) is 15.9 Å². The third-order valence-corrected chi connectivity index (χ3v) is 3.83. The molecule has 0 unspecified atom stereocenters. The minimum atomic E-state index is -4.06. The number of halogens is 1. The minimum absolute atomic E-state index is 0.135. The number of hydrogen-bond acceptors (Lipinski definition) is 6. The SMILES string of the molecule is Nc1ccc(S(=O)(=O)Nc2ccc([N+](=O)[O-])cc2F)cn1. The van der Waals surface area contributed by atoms with Gasteiger partial charge in [-0.3, -0.25) is 14.8 Å². The van der Waals surface area contributed by atoms with Crippen LogP contribution in [0.3, 0.4) is 0 Å². The maximum absolute atomic E-state index is 13.7. The Balaban J connectivity index is 2.32. The molecule has 0 saturated carbocycles. The number of sulfonamides is 1. The molecule has 110 valence electrons. The lowest BCUT2D eigenvalue weighted by Crippen LogP contribution is -2.14. The second-order valence-electron chi connectivity index (χ2n) is 3.95. The summed E-state index contributed by atoms with van der Waals surface area (Å²) in [5, 5.41) is 10.5. The smallest absolute Gasteiger partial charge is 0.272 e. The van der Waals surface area contributed by atoms with Crippen LogP contribution in [0.15, 0.2) is 41.4 Å². The first-order valence-corrected chi connectivity index (χ1v) is 6.96. The van der Waals surface area contributed by atoms with E-state index in [1.165, 1.54) is 12.1 Å². The van der Waals surface area contributed by atoms with E-state index in [2.05, 4.69) is 4.98 Å². The lowest BCUT2D eigenvalue weighted by Gasteiger charge is -2.08. The van der Waals surface area contributed by atoms with Crippen molar-refractivity contribution in [1.82, 2.24) is 4.98 Å². The molecule has 1 aromatic heterocycles. The number of benzene rings is 1. The van der Waals surface area contributed by atoms with Crippen molar-refractivity contribution in [1.29, 1.82) is 0 Å². The number of aromatic nitrogens is 1. The Bertz CT molecular complexity index is 792. The van der Waals surface area contributed by atoms with Gasteiger partial charge >= 0.3 is 0 Å². The fourth-order valence-corrected chi connectivity index (χ4v) is 2.47. The molecule has 0 bridgehead atoms. The van der Waals surface area contributed by atoms with E-state index >= 15 is 0 Å². The highest BCUT2D eigenvalue weighted by Crippen LogP contribution is 2.23. The molecule has 0 amide bonds. The number of nitro benzene ring substituents is 1. The van der Waals surface area contributed by atoms with Gasteiger partial charge in [0.25, 0.3) is 15.7 Å². The lowest BCUT2D eigenvalue weighted by atomic mass is 10.3. The number of nitrogen functional groups attached to an aromatic ring is 1. The van der Waals surface area contributed by atoms with Gasteiger partial charge in [-0.05, 0) is 18.2 Å². The normalized spacial score (nSPS) is 11.1. The summed E-state index contributed by atoms with van der Waals surface area (Å²) in [4.78, 5) is 13.1. The van der Waals surface area contributed by atoms with Crippen molar-refractivity contribution in [3.63, 3.8) is 0 Å². The molecule has 0 aliphatic rings. The van der Waals surface area contributed by atoms with Gasteiger partial charge in [-0.1, -0.05) is 0 Å². The summed E-state index contributed by atoms with van der Waals surface area (Å²) in [5.41, 5.74) is 4.45. The molecule has 0 fully saturated rings. The Hall–Kier alpha value is -2.75. The summed E-state index contributed by atoms with van der Waals surface area (Å²) < 4.78 is 39.6. The van der Waals surface area contributed by atoms with Crippen LogP contribution in [0.25, 0.3) is 0 Å². The molecule has 3 N–H and O–H groups in total. The third-order valence-electron chi connectivity index (χ3n) is 2.48. The number of nitrogens with zero attached hydrogens (tertiary/aromatic N) is 2. The molecule has 21 heavy (non-hydrogen) atoms. The molecule has 0 saturated heterocycles. The lowest BCUT2D eigenvalue weighted by molar-refractivity contribution is -0.385. The Morgan fingerprint density at radius 2 is 2.00 bits per heavy atom. The summed E-state index contributed by atoms with van der Waals surface area (Å²) in [6.07, 6.45) is 1.01. The van der Waals surface area contributed by atoms with E-state index in [1.807, 2.05) is 4.72 Å². The molecule has 10 heteroatoms. The highest BCUT2D eigenvalue weighted by atomic mass is 32.2. The van der Waals surface area contributed by atoms with Crippen LogP contribution in [-0.4, -0.2) is 18.3 Å². The average Bonchev–Trinajstić information content (AvgIpc) is 2.41. The van der Waals surface area contributed by atoms with Gasteiger partial charge in [-0.15, -0.1) is 0 Å². The molecule has 0 aliphatic carbocycles. The number of rotatable bonds is 4. The van der Waals surface area contributed by atoms with Crippen molar-refractivity contribution in [3.05, 3.63) is 52.5 Å². The van der Waals surface area contributed by atoms with Crippen molar-refractivity contribution in [3.8, 4) is 0 Å². The highest BCUT2D eigenvalue weighted by Gasteiger charge is 2.18. The van der Waals surface area contributed by atoms with Crippen molar-refractivity contribution >= 4 is 27.2 Å². The molecule has 8 nitrogen and oxygen atoms in total. The fraction of sp³-hybridized carbons (Fsp3) is 0. The molecule has 1 heterocycles. The van der Waals surface area contributed by atoms with Gasteiger partial charge in [0, 0.05) is 12.3 Å². The first kappa shape index (κ1) is 14.7. The molecule has 0 radical (unpaired) electrons. The largest absolute Gasteiger partial charge is 0.384 e. The summed E-state index contributed by atoms with van der Waals surface area (Å²) in [6, 6.07) is 5.06. The molecule has 0 spiro atoms. The van der Waals surface area contributed by atoms with Crippen LogP contribution in [-0.2, 0) is 10.0 Å². The van der Waals surface area contributed by atoms with Crippen LogP contribution in [0.5, 0.6) is 0 Å². The molecule has 2 rings (SSSR count). The van der Waals surface area contributed by atoms with Crippen LogP contribution in [0.2, 0.25) is 0 Å². The van der Waals surface area contributed by atoms with Crippen molar-refractivity contribution in [2.45, 2.75) is 4.90 Å². The molecule has 0 aliphatic heterocycles. The van der Waals surface area contributed by atoms with Crippen molar-refractivity contribution < 1.29 is 17.7 Å². The third kappa shape index (κ3) is 3.23. The molecule has 0 atom stereocenters. The number of nitrogens with one attached hydrogen (secondary N) is 1. The number of pyridine rings is 1. The quantitative estimate of drug-likeness (QED) is 0.650. The average molecular weight is 312 g/mol. The van der Waals surface area contributed by atoms with Gasteiger partial charge in [0.1, 0.15) is 10.7 Å². The number of hydrogen-bond donors (Lipinski definition) is 2. The Kier molecular flexibility index (Phi) is 3.72. The monoisotopic (exact) mass is 312 g/mol. The summed E-state index contributed by atoms with van der Waals surface area (Å²) >= 11 is 0. The fourth-order valence-electron chi connectivity index (χ4n) is 1.45. The Morgan fingerprint density at radius 3 is 2.52 bits per heavy atom. The van der Waals surface area contributed by atoms with E-state index < -0.39 is 32.1 Å². The highest BCUT2D eigenvalue weighted by molar-refractivity contribution is 7.92. The van der Waals surface area contributed by atoms with Gasteiger partial charge in [-0.2, -0.15) is 0 Å². The van der Waals surface area contributed by atoms with E-state index in [0.29, 0.717) is 6.07 Å². The number of nitrogens with two attached hydrogens (primary N) is 1. The Labute approximate surface area is 118 Å². The van der Waals surface area contributed by atoms with E-state index in [9.17, 15) is 22.9 Å². The van der Waals surface area contributed by atoms with Crippen molar-refractivity contribution in [2.24, 2.45) is 0 Å². The molecule has 2 aromatic rings. The maximum Gasteiger partial charge on any atom is 0.272 e. The topological polar surface area (TPSA) is 128 Å². The van der Waals surface area contributed by atoms with Gasteiger partial charge in [0.15, 0.2) is 5.82 Å². The predicted octanol–water partition coefficient (Wildman–Crippen LogP) is 1.51. The first-order valence-electron chi connectivity index (χ1n) is 5.48. The van der Waals surface area contributed by atoms with E-state index in [4.69, 9.17) is 5.73 Å². The summed E-state index contributed by atoms with van der Waals surface area (Å²) in [5.74, 6) is -0.924. The van der Waals surface area contributed by atoms with Gasteiger partial charge < -0.3 is 5.73 Å². The van der Waals surface area contributed by atoms with Gasteiger partial charge in [-0.25, -0.2) is 17.8 Å². The van der Waals surface area contributed by atoms with E-state index in [1.54, 1.807) is 0 Å². The zero-order valence-electron chi connectivity index (χ0n) is 10.4. The molecular weight excluding hydrogens is 303 g/mol. The summed E-state index contributed by atoms with van der Waals surface area (Å²) in [7, 11) is -4.06. The van der Waals surface area contributed by atoms with E-state index in [0.717, 1.165) is 18.3 Å². The van der Waals surface area contributed by atoms with Crippen LogP contribution in [0.1, 0.15) is 0 Å². The second-order valence-corrected chi connectivity index (χ2v) is 5.63. The maximum atomic E-state index is 13.7. The zero-order valence-corrected chi connectivity index (χ0v) is 11.2. The second kappa shape index (κ2) is 5.32. The summed E-state index contributed by atoms with van der Waals surface area (Å²) in [6.45, 7) is 0. The van der Waals surface area contributed by atoms with Gasteiger partial charge in [0.05, 0.1) is 16.7 Å². The number of non-ortho nitro benzene ring substituents is 1. The zero-order chi connectivity index (χ0) is 15.6. The van der Waals surface area contributed by atoms with Crippen LogP contribution < -0.4 is 10.5 Å². The van der Waals surface area contributed by atoms with Crippen LogP contribution >= 0.6 is 0 Å².